The summed E-state index contributed by atoms with van der Waals surface area (Å²) in [5.74, 6) is -3.22. The smallest absolute Gasteiger partial charge is 0.356 e. The van der Waals surface area contributed by atoms with E-state index in [0.29, 0.717) is 23.7 Å². The van der Waals surface area contributed by atoms with Crippen LogP contribution in [0.3, 0.4) is 0 Å². The molecule has 0 aliphatic carbocycles. The average Bonchev–Trinajstić information content (AvgIpc) is 3.29. The van der Waals surface area contributed by atoms with Crippen LogP contribution in [-0.2, 0) is 17.7 Å². The minimum Gasteiger partial charge on any atom is -0.461 e. The third-order valence-corrected chi connectivity index (χ3v) is 7.61. The molecule has 0 N–H and O–H groups in total. The molecule has 1 heterocycles. The summed E-state index contributed by atoms with van der Waals surface area (Å²) < 4.78 is 34.8. The summed E-state index contributed by atoms with van der Waals surface area (Å²) in [5.41, 5.74) is 2.97. The Morgan fingerprint density at radius 2 is 1.78 bits per heavy atom. The van der Waals surface area contributed by atoms with Gasteiger partial charge in [-0.1, -0.05) is 62.2 Å². The predicted octanol–water partition coefficient (Wildman–Crippen LogP) is 7.07. The molecule has 6 nitrogen and oxygen atoms in total. The van der Waals surface area contributed by atoms with Crippen LogP contribution in [0.4, 0.5) is 8.78 Å². The molecule has 4 rings (SSSR count). The first kappa shape index (κ1) is 29.6. The molecule has 1 amide bonds. The van der Waals surface area contributed by atoms with E-state index in [1.54, 1.807) is 17.6 Å². The molecule has 0 saturated carbocycles. The molecule has 0 radical (unpaired) electrons. The first-order chi connectivity index (χ1) is 19.9. The van der Waals surface area contributed by atoms with E-state index in [-0.39, 0.29) is 23.5 Å². The van der Waals surface area contributed by atoms with Gasteiger partial charge in [0.15, 0.2) is 4.80 Å². The normalized spacial score (nSPS) is 11.3. The lowest BCUT2D eigenvalue weighted by Crippen LogP contribution is -2.24. The van der Waals surface area contributed by atoms with E-state index in [0.717, 1.165) is 53.0 Å². The third-order valence-electron chi connectivity index (χ3n) is 6.47. The van der Waals surface area contributed by atoms with Crippen molar-refractivity contribution < 1.29 is 23.1 Å². The van der Waals surface area contributed by atoms with E-state index in [1.807, 2.05) is 42.5 Å². The highest BCUT2D eigenvalue weighted by Crippen LogP contribution is 2.25. The van der Waals surface area contributed by atoms with E-state index in [2.05, 4.69) is 18.0 Å². The number of halogens is 2. The molecule has 41 heavy (non-hydrogen) atoms. The lowest BCUT2D eigenvalue weighted by molar-refractivity contribution is 0.0512. The number of esters is 1. The SMILES string of the molecule is CCCCCc1sc(=NC(=O)c2ccc(F)cc2F)n(Cc2ccc(-c3ccccc3C#N)cc2)c1C(=O)OCC. The summed E-state index contributed by atoms with van der Waals surface area (Å²) in [6, 6.07) is 19.7. The number of aryl methyl sites for hydroxylation is 1. The molecule has 0 aliphatic heterocycles. The Labute approximate surface area is 241 Å². The molecule has 0 saturated heterocycles. The maximum atomic E-state index is 14.4. The fourth-order valence-corrected chi connectivity index (χ4v) is 5.58. The van der Waals surface area contributed by atoms with Crippen molar-refractivity contribution in [1.29, 1.82) is 5.26 Å². The molecular weight excluding hydrogens is 544 g/mol. The van der Waals surface area contributed by atoms with E-state index in [4.69, 9.17) is 4.74 Å². The van der Waals surface area contributed by atoms with Crippen LogP contribution in [0, 0.1) is 23.0 Å². The molecule has 0 spiro atoms. The van der Waals surface area contributed by atoms with Gasteiger partial charge in [-0.2, -0.15) is 10.3 Å². The van der Waals surface area contributed by atoms with Gasteiger partial charge in [-0.15, -0.1) is 11.3 Å². The van der Waals surface area contributed by atoms with Gasteiger partial charge in [0.05, 0.1) is 30.3 Å². The second-order valence-electron chi connectivity index (χ2n) is 9.32. The molecule has 1 aromatic heterocycles. The van der Waals surface area contributed by atoms with E-state index < -0.39 is 23.5 Å². The van der Waals surface area contributed by atoms with Gasteiger partial charge in [-0.3, -0.25) is 4.79 Å². The molecule has 4 aromatic rings. The van der Waals surface area contributed by atoms with Crippen LogP contribution in [0.5, 0.6) is 0 Å². The second kappa shape index (κ2) is 13.8. The number of nitrogens with zero attached hydrogens (tertiary/aromatic N) is 3. The Hall–Kier alpha value is -4.42. The van der Waals surface area contributed by atoms with Gasteiger partial charge in [0.2, 0.25) is 0 Å². The van der Waals surface area contributed by atoms with E-state index in [9.17, 15) is 23.6 Å². The summed E-state index contributed by atoms with van der Waals surface area (Å²) in [7, 11) is 0. The number of unbranched alkanes of at least 4 members (excludes halogenated alkanes) is 2. The molecule has 0 fully saturated rings. The molecule has 0 unspecified atom stereocenters. The highest BCUT2D eigenvalue weighted by atomic mass is 32.1. The number of aromatic nitrogens is 1. The number of hydrogen-bond donors (Lipinski definition) is 0. The van der Waals surface area contributed by atoms with Crippen LogP contribution < -0.4 is 4.80 Å². The van der Waals surface area contributed by atoms with Crippen molar-refractivity contribution in [3.05, 3.63) is 110 Å². The van der Waals surface area contributed by atoms with Crippen LogP contribution in [-0.4, -0.2) is 23.1 Å². The molecule has 0 atom stereocenters. The van der Waals surface area contributed by atoms with Crippen LogP contribution in [0.25, 0.3) is 11.1 Å². The molecular formula is C32H29F2N3O3S. The van der Waals surface area contributed by atoms with Crippen molar-refractivity contribution in [2.45, 2.75) is 46.1 Å². The number of rotatable bonds is 10. The zero-order valence-electron chi connectivity index (χ0n) is 22.8. The molecule has 0 aliphatic rings. The molecule has 210 valence electrons. The van der Waals surface area contributed by atoms with Gasteiger partial charge in [0, 0.05) is 10.9 Å². The first-order valence-electron chi connectivity index (χ1n) is 13.4. The second-order valence-corrected chi connectivity index (χ2v) is 10.4. The average molecular weight is 574 g/mol. The Morgan fingerprint density at radius 1 is 1.02 bits per heavy atom. The molecule has 0 bridgehead atoms. The van der Waals surface area contributed by atoms with Gasteiger partial charge in [-0.05, 0) is 54.7 Å². The van der Waals surface area contributed by atoms with Crippen molar-refractivity contribution in [3.8, 4) is 17.2 Å². The number of carbonyl (C=O) groups excluding carboxylic acids is 2. The van der Waals surface area contributed by atoms with E-state index >= 15 is 0 Å². The van der Waals surface area contributed by atoms with Crippen molar-refractivity contribution in [2.75, 3.05) is 6.61 Å². The Kier molecular flexibility index (Phi) is 9.93. The summed E-state index contributed by atoms with van der Waals surface area (Å²) in [5, 5.41) is 9.47. The van der Waals surface area contributed by atoms with Crippen LogP contribution in [0.15, 0.2) is 71.7 Å². The Bertz CT molecular complexity index is 1670. The highest BCUT2D eigenvalue weighted by Gasteiger charge is 2.23. The number of amides is 1. The lowest BCUT2D eigenvalue weighted by Gasteiger charge is -2.11. The summed E-state index contributed by atoms with van der Waals surface area (Å²) in [6.07, 6.45) is 3.36. The minimum atomic E-state index is -1.01. The first-order valence-corrected chi connectivity index (χ1v) is 14.2. The van der Waals surface area contributed by atoms with Gasteiger partial charge in [-0.25, -0.2) is 13.6 Å². The fourth-order valence-electron chi connectivity index (χ4n) is 4.43. The zero-order chi connectivity index (χ0) is 29.4. The van der Waals surface area contributed by atoms with Gasteiger partial charge >= 0.3 is 5.97 Å². The largest absolute Gasteiger partial charge is 0.461 e. The molecule has 9 heteroatoms. The predicted molar refractivity (Wildman–Crippen MR) is 153 cm³/mol. The Balaban J connectivity index is 1.80. The van der Waals surface area contributed by atoms with Crippen LogP contribution >= 0.6 is 11.3 Å². The van der Waals surface area contributed by atoms with Crippen molar-refractivity contribution >= 4 is 23.2 Å². The third kappa shape index (κ3) is 7.02. The number of thiazole rings is 1. The van der Waals surface area contributed by atoms with E-state index in [1.165, 1.54) is 11.3 Å². The maximum absolute atomic E-state index is 14.4. The summed E-state index contributed by atoms with van der Waals surface area (Å²) in [4.78, 5) is 31.3. The number of nitriles is 1. The quantitative estimate of drug-likeness (QED) is 0.150. The van der Waals surface area contributed by atoms with Crippen LogP contribution in [0.1, 0.15) is 70.0 Å². The van der Waals surface area contributed by atoms with Crippen molar-refractivity contribution in [1.82, 2.24) is 4.57 Å². The summed E-state index contributed by atoms with van der Waals surface area (Å²) in [6.45, 7) is 4.16. The number of benzene rings is 3. The van der Waals surface area contributed by atoms with Crippen molar-refractivity contribution in [2.24, 2.45) is 4.99 Å². The zero-order valence-corrected chi connectivity index (χ0v) is 23.6. The topological polar surface area (TPSA) is 84.5 Å². The van der Waals surface area contributed by atoms with Gasteiger partial charge in [0.25, 0.3) is 5.91 Å². The Morgan fingerprint density at radius 3 is 2.46 bits per heavy atom. The lowest BCUT2D eigenvalue weighted by atomic mass is 9.99. The number of ether oxygens (including phenoxy) is 1. The van der Waals surface area contributed by atoms with Gasteiger partial charge in [0.1, 0.15) is 17.3 Å². The number of carbonyl (C=O) groups is 2. The standard InChI is InChI=1S/C32H29F2N3O3S/c1-3-5-6-11-28-29(31(39)40-4-2)37(32(41-28)36-30(38)26-17-16-24(33)18-27(26)34)20-21-12-14-22(15-13-21)25-10-8-7-9-23(25)19-35/h7-10,12-18H,3-6,11,20H2,1-2H3. The van der Waals surface area contributed by atoms with Crippen molar-refractivity contribution in [3.63, 3.8) is 0 Å². The monoisotopic (exact) mass is 573 g/mol. The molecule has 3 aromatic carbocycles. The summed E-state index contributed by atoms with van der Waals surface area (Å²) >= 11 is 1.19. The fraction of sp³-hybridized carbons (Fsp3) is 0.250. The van der Waals surface area contributed by atoms with Gasteiger partial charge < -0.3 is 9.30 Å². The number of hydrogen-bond acceptors (Lipinski definition) is 5. The van der Waals surface area contributed by atoms with Crippen LogP contribution in [0.2, 0.25) is 0 Å². The highest BCUT2D eigenvalue weighted by molar-refractivity contribution is 7.09. The minimum absolute atomic E-state index is 0.169. The maximum Gasteiger partial charge on any atom is 0.356 e.